The summed E-state index contributed by atoms with van der Waals surface area (Å²) >= 11 is 0. The van der Waals surface area contributed by atoms with Crippen molar-refractivity contribution in [2.45, 2.75) is 0 Å². The van der Waals surface area contributed by atoms with Crippen LogP contribution in [0.1, 0.15) is 0 Å². The van der Waals surface area contributed by atoms with Gasteiger partial charge in [-0.2, -0.15) is 0 Å². The van der Waals surface area contributed by atoms with Crippen molar-refractivity contribution in [2.24, 2.45) is 0 Å². The standard InChI is InChI=1S/4C2H2O4.Co.Cu.Mn.Ni/c4*3-1(4)2(5)6;;;;/h4*(H,3,4)(H,5,6);;;;. The van der Waals surface area contributed by atoms with E-state index in [1.165, 1.54) is 0 Å². The number of hydrogen-bond acceptors (Lipinski definition) is 8. The third kappa shape index (κ3) is 65.0. The van der Waals surface area contributed by atoms with Crippen LogP contribution >= 0.6 is 0 Å². The molecule has 0 amide bonds. The maximum Gasteiger partial charge on any atom is 0.414 e. The summed E-state index contributed by atoms with van der Waals surface area (Å²) in [7, 11) is 0. The summed E-state index contributed by atoms with van der Waals surface area (Å²) in [6, 6.07) is 0. The van der Waals surface area contributed by atoms with Crippen LogP contribution in [0, 0.1) is 0 Å². The molecule has 0 fully saturated rings. The molecule has 20 heteroatoms. The van der Waals surface area contributed by atoms with Gasteiger partial charge in [-0.25, -0.2) is 38.4 Å². The predicted molar refractivity (Wildman–Crippen MR) is 61.1 cm³/mol. The molecule has 0 aromatic heterocycles. The van der Waals surface area contributed by atoms with Crippen LogP contribution in [0.25, 0.3) is 0 Å². The molecule has 0 aliphatic carbocycles. The first-order chi connectivity index (χ1) is 10.6. The molecule has 28 heavy (non-hydrogen) atoms. The summed E-state index contributed by atoms with van der Waals surface area (Å²) < 4.78 is 0. The summed E-state index contributed by atoms with van der Waals surface area (Å²) in [6.07, 6.45) is 0. The van der Waals surface area contributed by atoms with Crippen molar-refractivity contribution in [3.63, 3.8) is 0 Å². The summed E-state index contributed by atoms with van der Waals surface area (Å²) in [4.78, 5) is 72.8. The Hall–Kier alpha value is -2.20. The molecule has 0 saturated carbocycles. The number of aliphatic carboxylic acids is 8. The van der Waals surface area contributed by atoms with Gasteiger partial charge in [0.25, 0.3) is 0 Å². The fourth-order valence-corrected chi connectivity index (χ4v) is 0. The zero-order chi connectivity index (χ0) is 20.6. The van der Waals surface area contributed by atoms with Gasteiger partial charge >= 0.3 is 47.8 Å². The van der Waals surface area contributed by atoms with E-state index in [0.29, 0.717) is 0 Å². The number of carbonyl (C=O) groups is 8. The van der Waals surface area contributed by atoms with Crippen molar-refractivity contribution >= 4 is 47.8 Å². The SMILES string of the molecule is O=C(O)C(=O)O.O=C(O)C(=O)O.O=C(O)C(=O)O.O=C(O)C(=O)O.[Co].[Cu].[Mn].[Ni]. The molecule has 0 bridgehead atoms. The van der Waals surface area contributed by atoms with Gasteiger partial charge in [0.05, 0.1) is 0 Å². The Morgan fingerprint density at radius 2 is 0.393 bits per heavy atom. The van der Waals surface area contributed by atoms with Crippen LogP contribution in [0.4, 0.5) is 0 Å². The molecule has 0 rings (SSSR count). The summed E-state index contributed by atoms with van der Waals surface area (Å²) in [5.41, 5.74) is 0. The van der Waals surface area contributed by atoms with E-state index in [0.717, 1.165) is 0 Å². The summed E-state index contributed by atoms with van der Waals surface area (Å²) in [5, 5.41) is 59.1. The van der Waals surface area contributed by atoms with Gasteiger partial charge in [-0.15, -0.1) is 0 Å². The maximum atomic E-state index is 9.10. The molecule has 0 aromatic rings. The van der Waals surface area contributed by atoms with Gasteiger partial charge in [-0.05, 0) is 0 Å². The van der Waals surface area contributed by atoms with E-state index in [1.54, 1.807) is 0 Å². The molecule has 0 atom stereocenters. The van der Waals surface area contributed by atoms with Gasteiger partial charge in [0.1, 0.15) is 0 Å². The topological polar surface area (TPSA) is 298 Å². The number of carboxylic acid groups (broad SMARTS) is 8. The Bertz CT molecular complexity index is 407. The van der Waals surface area contributed by atoms with Crippen molar-refractivity contribution in [3.8, 4) is 0 Å². The molecular formula is C8H8CoCuMnNiO16. The minimum Gasteiger partial charge on any atom is -0.473 e. The van der Waals surface area contributed by atoms with Gasteiger partial charge in [-0.1, -0.05) is 0 Å². The van der Waals surface area contributed by atoms with Gasteiger partial charge in [0.15, 0.2) is 0 Å². The fourth-order valence-electron chi connectivity index (χ4n) is 0. The van der Waals surface area contributed by atoms with Crippen LogP contribution in [-0.2, 0) is 106 Å². The first kappa shape index (κ1) is 50.1. The molecule has 16 nitrogen and oxygen atoms in total. The van der Waals surface area contributed by atoms with Gasteiger partial charge in [0.2, 0.25) is 0 Å². The second-order valence-electron chi connectivity index (χ2n) is 2.44. The molecular weight excluding hydrogens is 588 g/mol. The van der Waals surface area contributed by atoms with Gasteiger partial charge in [0, 0.05) is 67.4 Å². The van der Waals surface area contributed by atoms with Crippen molar-refractivity contribution in [1.29, 1.82) is 0 Å². The molecule has 3 radical (unpaired) electrons. The van der Waals surface area contributed by atoms with Crippen LogP contribution in [0.3, 0.4) is 0 Å². The third-order valence-corrected chi connectivity index (χ3v) is 0.732. The van der Waals surface area contributed by atoms with E-state index in [4.69, 9.17) is 79.2 Å². The Morgan fingerprint density at radius 1 is 0.357 bits per heavy atom. The Labute approximate surface area is 194 Å². The molecule has 0 aromatic carbocycles. The molecule has 8 N–H and O–H groups in total. The quantitative estimate of drug-likeness (QED) is 0.0999. The predicted octanol–water partition coefficient (Wildman–Crippen LogP) is -3.39. The number of hydrogen-bond donors (Lipinski definition) is 8. The van der Waals surface area contributed by atoms with E-state index in [2.05, 4.69) is 0 Å². The Balaban J connectivity index is -0.0000000303. The van der Waals surface area contributed by atoms with Crippen LogP contribution in [0.2, 0.25) is 0 Å². The van der Waals surface area contributed by atoms with E-state index < -0.39 is 47.8 Å². The summed E-state index contributed by atoms with van der Waals surface area (Å²) in [5.74, 6) is -14.6. The molecule has 173 valence electrons. The van der Waals surface area contributed by atoms with E-state index >= 15 is 0 Å². The summed E-state index contributed by atoms with van der Waals surface area (Å²) in [6.45, 7) is 0. The first-order valence-corrected chi connectivity index (χ1v) is 4.42. The van der Waals surface area contributed by atoms with Crippen molar-refractivity contribution < 1.29 is 147 Å². The first-order valence-electron chi connectivity index (χ1n) is 4.42. The van der Waals surface area contributed by atoms with Crippen LogP contribution in [-0.4, -0.2) is 88.6 Å². The number of rotatable bonds is 0. The maximum absolute atomic E-state index is 9.10. The monoisotopic (exact) mass is 595 g/mol. The molecule has 0 unspecified atom stereocenters. The third-order valence-electron chi connectivity index (χ3n) is 0.732. The largest absolute Gasteiger partial charge is 0.473 e. The molecule has 0 aliphatic heterocycles. The second-order valence-corrected chi connectivity index (χ2v) is 2.44. The molecule has 0 heterocycles. The number of carboxylic acids is 8. The minimum atomic E-state index is -1.82. The van der Waals surface area contributed by atoms with Crippen molar-refractivity contribution in [1.82, 2.24) is 0 Å². The van der Waals surface area contributed by atoms with Crippen molar-refractivity contribution in [2.75, 3.05) is 0 Å². The van der Waals surface area contributed by atoms with Gasteiger partial charge < -0.3 is 40.9 Å². The second kappa shape index (κ2) is 29.6. The normalized spacial score (nSPS) is 6.29. The smallest absolute Gasteiger partial charge is 0.414 e. The Morgan fingerprint density at radius 3 is 0.393 bits per heavy atom. The van der Waals surface area contributed by atoms with Gasteiger partial charge in [-0.3, -0.25) is 0 Å². The minimum absolute atomic E-state index is 0. The van der Waals surface area contributed by atoms with E-state index in [9.17, 15) is 0 Å². The van der Waals surface area contributed by atoms with Crippen LogP contribution in [0.15, 0.2) is 0 Å². The molecule has 0 aliphatic rings. The zero-order valence-corrected chi connectivity index (χ0v) is 16.3. The average molecular weight is 596 g/mol. The van der Waals surface area contributed by atoms with E-state index in [-0.39, 0.29) is 67.4 Å². The van der Waals surface area contributed by atoms with E-state index in [1.807, 2.05) is 0 Å². The van der Waals surface area contributed by atoms with Crippen molar-refractivity contribution in [3.05, 3.63) is 0 Å². The average Bonchev–Trinajstić information content (AvgIpc) is 2.40. The van der Waals surface area contributed by atoms with Crippen LogP contribution < -0.4 is 0 Å². The molecule has 0 spiro atoms. The Kier molecular flexibility index (Phi) is 52.9. The fraction of sp³-hybridized carbons (Fsp3) is 0. The molecule has 0 saturated heterocycles. The van der Waals surface area contributed by atoms with Crippen LogP contribution in [0.5, 0.6) is 0 Å². The zero-order valence-electron chi connectivity index (χ0n) is 12.2.